The van der Waals surface area contributed by atoms with Crippen LogP contribution in [-0.4, -0.2) is 10.1 Å². The van der Waals surface area contributed by atoms with E-state index in [1.54, 1.807) is 13.8 Å². The molecule has 2 rings (SSSR count). The summed E-state index contributed by atoms with van der Waals surface area (Å²) in [5.74, 6) is -0.0563. The van der Waals surface area contributed by atoms with E-state index in [2.05, 4.69) is 4.98 Å². The SMILES string of the molecule is CC(C)c1cc(C(F)(F)F)c2c(n1)CCC2O. The molecule has 0 saturated heterocycles. The predicted octanol–water partition coefficient (Wildman–Crippen LogP) is 3.20. The lowest BCUT2D eigenvalue weighted by Crippen LogP contribution is -2.13. The second-order valence-electron chi connectivity index (χ2n) is 4.66. The van der Waals surface area contributed by atoms with Crippen LogP contribution in [0.4, 0.5) is 13.2 Å². The third-order valence-corrected chi connectivity index (χ3v) is 3.04. The topological polar surface area (TPSA) is 33.1 Å². The number of aromatic nitrogens is 1. The summed E-state index contributed by atoms with van der Waals surface area (Å²) >= 11 is 0. The van der Waals surface area contributed by atoms with Crippen LogP contribution in [0.25, 0.3) is 0 Å². The van der Waals surface area contributed by atoms with Crippen molar-refractivity contribution in [1.82, 2.24) is 4.98 Å². The summed E-state index contributed by atoms with van der Waals surface area (Å²) < 4.78 is 38.8. The van der Waals surface area contributed by atoms with Gasteiger partial charge in [-0.15, -0.1) is 0 Å². The Bertz CT molecular complexity index is 440. The maximum atomic E-state index is 12.9. The van der Waals surface area contributed by atoms with Gasteiger partial charge in [0.25, 0.3) is 0 Å². The molecular formula is C12H14F3NO. The van der Waals surface area contributed by atoms with E-state index in [4.69, 9.17) is 0 Å². The van der Waals surface area contributed by atoms with Crippen molar-refractivity contribution in [1.29, 1.82) is 0 Å². The molecule has 1 aliphatic carbocycles. The fourth-order valence-electron chi connectivity index (χ4n) is 2.14. The van der Waals surface area contributed by atoms with Crippen molar-refractivity contribution >= 4 is 0 Å². The van der Waals surface area contributed by atoms with Crippen molar-refractivity contribution < 1.29 is 18.3 Å². The minimum atomic E-state index is -4.43. The van der Waals surface area contributed by atoms with Gasteiger partial charge in [0, 0.05) is 17.0 Å². The molecule has 1 atom stereocenters. The summed E-state index contributed by atoms with van der Waals surface area (Å²) in [7, 11) is 0. The van der Waals surface area contributed by atoms with Gasteiger partial charge < -0.3 is 5.11 Å². The van der Waals surface area contributed by atoms with E-state index in [1.807, 2.05) is 0 Å². The molecule has 17 heavy (non-hydrogen) atoms. The average Bonchev–Trinajstić information content (AvgIpc) is 2.58. The molecule has 94 valence electrons. The Morgan fingerprint density at radius 2 is 2.06 bits per heavy atom. The molecule has 1 heterocycles. The molecular weight excluding hydrogens is 231 g/mol. The maximum absolute atomic E-state index is 12.9. The molecule has 0 aromatic carbocycles. The van der Waals surface area contributed by atoms with Gasteiger partial charge >= 0.3 is 6.18 Å². The number of rotatable bonds is 1. The highest BCUT2D eigenvalue weighted by Crippen LogP contribution is 2.41. The first-order valence-electron chi connectivity index (χ1n) is 5.59. The van der Waals surface area contributed by atoms with Gasteiger partial charge in [-0.05, 0) is 24.8 Å². The highest BCUT2D eigenvalue weighted by Gasteiger charge is 2.39. The monoisotopic (exact) mass is 245 g/mol. The molecule has 0 spiro atoms. The predicted molar refractivity (Wildman–Crippen MR) is 56.6 cm³/mol. The third-order valence-electron chi connectivity index (χ3n) is 3.04. The van der Waals surface area contributed by atoms with E-state index in [0.717, 1.165) is 6.07 Å². The number of aryl methyl sites for hydroxylation is 1. The van der Waals surface area contributed by atoms with E-state index in [9.17, 15) is 18.3 Å². The summed E-state index contributed by atoms with van der Waals surface area (Å²) in [5.41, 5.74) is 0.0827. The summed E-state index contributed by atoms with van der Waals surface area (Å²) in [4.78, 5) is 4.22. The Balaban J connectivity index is 2.63. The Hall–Kier alpha value is -1.10. The van der Waals surface area contributed by atoms with Crippen molar-refractivity contribution in [3.05, 3.63) is 28.6 Å². The molecule has 5 heteroatoms. The summed E-state index contributed by atoms with van der Waals surface area (Å²) in [6, 6.07) is 1.07. The third kappa shape index (κ3) is 2.16. The number of pyridine rings is 1. The Labute approximate surface area is 97.5 Å². The number of fused-ring (bicyclic) bond motifs is 1. The lowest BCUT2D eigenvalue weighted by molar-refractivity contribution is -0.139. The molecule has 2 nitrogen and oxygen atoms in total. The Morgan fingerprint density at radius 1 is 1.41 bits per heavy atom. The lowest BCUT2D eigenvalue weighted by atomic mass is 10.0. The van der Waals surface area contributed by atoms with Gasteiger partial charge in [-0.2, -0.15) is 13.2 Å². The van der Waals surface area contributed by atoms with Gasteiger partial charge in [-0.25, -0.2) is 0 Å². The number of alkyl halides is 3. The highest BCUT2D eigenvalue weighted by molar-refractivity contribution is 5.40. The zero-order valence-corrected chi connectivity index (χ0v) is 9.67. The van der Waals surface area contributed by atoms with Crippen LogP contribution < -0.4 is 0 Å². The normalized spacial score (nSPS) is 19.8. The molecule has 0 radical (unpaired) electrons. The van der Waals surface area contributed by atoms with Crippen LogP contribution in [-0.2, 0) is 12.6 Å². The fraction of sp³-hybridized carbons (Fsp3) is 0.583. The van der Waals surface area contributed by atoms with Crippen molar-refractivity contribution in [3.63, 3.8) is 0 Å². The van der Waals surface area contributed by atoms with Crippen LogP contribution >= 0.6 is 0 Å². The van der Waals surface area contributed by atoms with Crippen molar-refractivity contribution in [2.45, 2.75) is 44.9 Å². The minimum Gasteiger partial charge on any atom is -0.388 e. The van der Waals surface area contributed by atoms with Crippen LogP contribution in [0.5, 0.6) is 0 Å². The second kappa shape index (κ2) is 3.98. The Kier molecular flexibility index (Phi) is 2.89. The van der Waals surface area contributed by atoms with Gasteiger partial charge in [0.1, 0.15) is 0 Å². The van der Waals surface area contributed by atoms with Crippen LogP contribution in [0.1, 0.15) is 54.8 Å². The largest absolute Gasteiger partial charge is 0.416 e. The molecule has 0 saturated carbocycles. The molecule has 1 aliphatic rings. The van der Waals surface area contributed by atoms with Crippen LogP contribution in [0, 0.1) is 0 Å². The smallest absolute Gasteiger partial charge is 0.388 e. The molecule has 0 aliphatic heterocycles. The molecule has 1 N–H and O–H groups in total. The average molecular weight is 245 g/mol. The quantitative estimate of drug-likeness (QED) is 0.824. The first-order valence-corrected chi connectivity index (χ1v) is 5.59. The number of nitrogens with zero attached hydrogens (tertiary/aromatic N) is 1. The van der Waals surface area contributed by atoms with E-state index in [0.29, 0.717) is 24.2 Å². The van der Waals surface area contributed by atoms with Crippen molar-refractivity contribution in [2.24, 2.45) is 0 Å². The van der Waals surface area contributed by atoms with E-state index in [-0.39, 0.29) is 11.5 Å². The Morgan fingerprint density at radius 3 is 2.59 bits per heavy atom. The molecule has 0 fully saturated rings. The first-order chi connectivity index (χ1) is 7.80. The van der Waals surface area contributed by atoms with Crippen molar-refractivity contribution in [2.75, 3.05) is 0 Å². The van der Waals surface area contributed by atoms with Gasteiger partial charge in [0.2, 0.25) is 0 Å². The zero-order valence-electron chi connectivity index (χ0n) is 9.67. The first kappa shape index (κ1) is 12.4. The number of hydrogen-bond acceptors (Lipinski definition) is 2. The van der Waals surface area contributed by atoms with Gasteiger partial charge in [-0.1, -0.05) is 13.8 Å². The summed E-state index contributed by atoms with van der Waals surface area (Å²) in [6.45, 7) is 3.61. The van der Waals surface area contributed by atoms with Gasteiger partial charge in [0.15, 0.2) is 0 Å². The van der Waals surface area contributed by atoms with E-state index in [1.165, 1.54) is 0 Å². The minimum absolute atomic E-state index is 0.0260. The van der Waals surface area contributed by atoms with Crippen LogP contribution in [0.15, 0.2) is 6.07 Å². The number of aliphatic hydroxyl groups excluding tert-OH is 1. The second-order valence-corrected chi connectivity index (χ2v) is 4.66. The van der Waals surface area contributed by atoms with Gasteiger partial charge in [-0.3, -0.25) is 4.98 Å². The maximum Gasteiger partial charge on any atom is 0.416 e. The molecule has 1 aromatic heterocycles. The number of hydrogen-bond donors (Lipinski definition) is 1. The molecule has 0 bridgehead atoms. The molecule has 0 amide bonds. The highest BCUT2D eigenvalue weighted by atomic mass is 19.4. The lowest BCUT2D eigenvalue weighted by Gasteiger charge is -2.17. The van der Waals surface area contributed by atoms with Gasteiger partial charge in [0.05, 0.1) is 11.7 Å². The number of halogens is 3. The van der Waals surface area contributed by atoms with E-state index < -0.39 is 17.8 Å². The fourth-order valence-corrected chi connectivity index (χ4v) is 2.14. The molecule has 1 aromatic rings. The van der Waals surface area contributed by atoms with E-state index >= 15 is 0 Å². The summed E-state index contributed by atoms with van der Waals surface area (Å²) in [5, 5.41) is 9.62. The number of aliphatic hydroxyl groups is 1. The van der Waals surface area contributed by atoms with Crippen molar-refractivity contribution in [3.8, 4) is 0 Å². The van der Waals surface area contributed by atoms with Crippen LogP contribution in [0.3, 0.4) is 0 Å². The molecule has 1 unspecified atom stereocenters. The van der Waals surface area contributed by atoms with Crippen LogP contribution in [0.2, 0.25) is 0 Å². The standard InChI is InChI=1S/C12H14F3NO/c1-6(2)9-5-7(12(13,14)15)11-8(16-9)3-4-10(11)17/h5-6,10,17H,3-4H2,1-2H3. The summed E-state index contributed by atoms with van der Waals surface area (Å²) in [6.07, 6.45) is -4.72. The zero-order chi connectivity index (χ0) is 12.8.